The van der Waals surface area contributed by atoms with Gasteiger partial charge in [-0.05, 0) is 12.1 Å². The number of nitrogens with two attached hydrogens (primary N) is 1. The van der Waals surface area contributed by atoms with E-state index in [-0.39, 0.29) is 5.76 Å². The highest BCUT2D eigenvalue weighted by molar-refractivity contribution is 7.98. The number of nitrogens with one attached hydrogen (secondary N) is 1. The van der Waals surface area contributed by atoms with Crippen molar-refractivity contribution >= 4 is 28.6 Å². The largest absolute Gasteiger partial charge is 0.451 e. The summed E-state index contributed by atoms with van der Waals surface area (Å²) in [5.41, 5.74) is 3.58. The number of carbonyl (C=O) groups excluding carboxylic acids is 1. The number of furan rings is 1. The zero-order valence-corrected chi connectivity index (χ0v) is 11.8. The van der Waals surface area contributed by atoms with Crippen molar-refractivity contribution in [2.45, 2.75) is 10.8 Å². The third kappa shape index (κ3) is 2.74. The first kappa shape index (κ1) is 13.6. The summed E-state index contributed by atoms with van der Waals surface area (Å²) < 4.78 is 5.60. The van der Waals surface area contributed by atoms with Crippen LogP contribution < -0.4 is 11.3 Å². The number of rotatable bonds is 4. The van der Waals surface area contributed by atoms with Crippen LogP contribution >= 0.6 is 11.8 Å². The molecule has 106 valence electrons. The molecule has 3 aromatic rings. The Morgan fingerprint density at radius 2 is 2.19 bits per heavy atom. The summed E-state index contributed by atoms with van der Waals surface area (Å²) >= 11 is 1.50. The summed E-state index contributed by atoms with van der Waals surface area (Å²) in [5, 5.41) is 1.73. The van der Waals surface area contributed by atoms with Crippen LogP contribution in [0.5, 0.6) is 0 Å². The highest BCUT2D eigenvalue weighted by Gasteiger charge is 2.19. The number of para-hydroxylation sites is 1. The van der Waals surface area contributed by atoms with Crippen LogP contribution in [0.4, 0.5) is 0 Å². The second kappa shape index (κ2) is 5.94. The lowest BCUT2D eigenvalue weighted by molar-refractivity contribution is 0.0927. The SMILES string of the molecule is NNC(=O)c1oc2ccccc2c1CSc1ccncn1. The average Bonchev–Trinajstić information content (AvgIpc) is 2.92. The minimum atomic E-state index is -0.440. The second-order valence-corrected chi connectivity index (χ2v) is 5.21. The molecule has 1 aromatic carbocycles. The minimum Gasteiger partial charge on any atom is -0.451 e. The number of benzene rings is 1. The molecule has 0 spiro atoms. The summed E-state index contributed by atoms with van der Waals surface area (Å²) in [6, 6.07) is 9.32. The lowest BCUT2D eigenvalue weighted by atomic mass is 10.1. The smallest absolute Gasteiger partial charge is 0.301 e. The van der Waals surface area contributed by atoms with Crippen molar-refractivity contribution in [3.8, 4) is 0 Å². The Hall–Kier alpha value is -2.38. The van der Waals surface area contributed by atoms with E-state index in [9.17, 15) is 4.79 Å². The maximum absolute atomic E-state index is 11.9. The zero-order chi connectivity index (χ0) is 14.7. The average molecular weight is 300 g/mol. The Kier molecular flexibility index (Phi) is 3.85. The monoisotopic (exact) mass is 300 g/mol. The zero-order valence-electron chi connectivity index (χ0n) is 10.9. The molecule has 7 heteroatoms. The molecule has 0 aliphatic rings. The lowest BCUT2D eigenvalue weighted by Crippen LogP contribution is -2.30. The first-order valence-electron chi connectivity index (χ1n) is 6.19. The van der Waals surface area contributed by atoms with E-state index in [0.29, 0.717) is 11.3 Å². The topological polar surface area (TPSA) is 94.0 Å². The van der Waals surface area contributed by atoms with Gasteiger partial charge in [-0.2, -0.15) is 0 Å². The van der Waals surface area contributed by atoms with Crippen molar-refractivity contribution in [1.82, 2.24) is 15.4 Å². The van der Waals surface area contributed by atoms with E-state index in [2.05, 4.69) is 15.4 Å². The lowest BCUT2D eigenvalue weighted by Gasteiger charge is -2.02. The normalized spacial score (nSPS) is 10.7. The van der Waals surface area contributed by atoms with E-state index in [1.165, 1.54) is 18.1 Å². The number of nitrogen functional groups attached to an aromatic ring is 1. The molecule has 2 heterocycles. The van der Waals surface area contributed by atoms with Gasteiger partial charge in [-0.1, -0.05) is 18.2 Å². The first-order chi connectivity index (χ1) is 10.3. The van der Waals surface area contributed by atoms with Gasteiger partial charge in [0, 0.05) is 22.9 Å². The molecule has 0 radical (unpaired) electrons. The van der Waals surface area contributed by atoms with Gasteiger partial charge in [0.1, 0.15) is 11.9 Å². The maximum Gasteiger partial charge on any atom is 0.301 e. The molecule has 2 aromatic heterocycles. The number of fused-ring (bicyclic) bond motifs is 1. The van der Waals surface area contributed by atoms with Crippen molar-refractivity contribution < 1.29 is 9.21 Å². The molecule has 0 saturated carbocycles. The Morgan fingerprint density at radius 3 is 2.95 bits per heavy atom. The fraction of sp³-hybridized carbons (Fsp3) is 0.0714. The third-order valence-corrected chi connectivity index (χ3v) is 3.93. The predicted octanol–water partition coefficient (Wildman–Crippen LogP) is 2.12. The first-order valence-corrected chi connectivity index (χ1v) is 7.18. The molecule has 3 rings (SSSR count). The highest BCUT2D eigenvalue weighted by atomic mass is 32.2. The Bertz CT molecular complexity index is 773. The number of hydrogen-bond donors (Lipinski definition) is 2. The summed E-state index contributed by atoms with van der Waals surface area (Å²) in [4.78, 5) is 19.9. The van der Waals surface area contributed by atoms with Crippen LogP contribution in [0.2, 0.25) is 0 Å². The number of hydrogen-bond acceptors (Lipinski definition) is 6. The number of amides is 1. The van der Waals surface area contributed by atoms with Crippen molar-refractivity contribution in [2.75, 3.05) is 0 Å². The fourth-order valence-electron chi connectivity index (χ4n) is 2.00. The van der Waals surface area contributed by atoms with Crippen LogP contribution in [0.15, 0.2) is 52.3 Å². The van der Waals surface area contributed by atoms with Crippen molar-refractivity contribution in [2.24, 2.45) is 5.84 Å². The molecule has 0 aliphatic carbocycles. The van der Waals surface area contributed by atoms with Crippen LogP contribution in [0.25, 0.3) is 11.0 Å². The fourth-order valence-corrected chi connectivity index (χ4v) is 2.86. The van der Waals surface area contributed by atoms with Crippen LogP contribution in [0.1, 0.15) is 16.1 Å². The van der Waals surface area contributed by atoms with E-state index in [1.54, 1.807) is 6.20 Å². The van der Waals surface area contributed by atoms with Gasteiger partial charge in [0.15, 0.2) is 5.76 Å². The third-order valence-electron chi connectivity index (χ3n) is 2.95. The predicted molar refractivity (Wildman–Crippen MR) is 79.5 cm³/mol. The molecule has 0 aliphatic heterocycles. The molecule has 6 nitrogen and oxygen atoms in total. The Labute approximate surface area is 124 Å². The molecule has 0 fully saturated rings. The van der Waals surface area contributed by atoms with Crippen molar-refractivity contribution in [1.29, 1.82) is 0 Å². The molecule has 0 bridgehead atoms. The van der Waals surface area contributed by atoms with E-state index in [1.807, 2.05) is 30.3 Å². The number of carbonyl (C=O) groups is 1. The summed E-state index contributed by atoms with van der Waals surface area (Å²) in [5.74, 6) is 5.56. The number of thioether (sulfide) groups is 1. The van der Waals surface area contributed by atoms with E-state index in [4.69, 9.17) is 10.3 Å². The van der Waals surface area contributed by atoms with Gasteiger partial charge in [0.2, 0.25) is 0 Å². The quantitative estimate of drug-likeness (QED) is 0.252. The molecule has 1 amide bonds. The molecule has 3 N–H and O–H groups in total. The van der Waals surface area contributed by atoms with Gasteiger partial charge in [-0.15, -0.1) is 11.8 Å². The minimum absolute atomic E-state index is 0.236. The summed E-state index contributed by atoms with van der Waals surface area (Å²) in [6.07, 6.45) is 3.17. The Balaban J connectivity index is 1.97. The molecule has 0 unspecified atom stereocenters. The standard InChI is InChI=1S/C14H12N4O2S/c15-18-14(19)13-10(7-21-12-5-6-16-8-17-12)9-3-1-2-4-11(9)20-13/h1-6,8H,7,15H2,(H,18,19). The molecular weight excluding hydrogens is 288 g/mol. The van der Waals surface area contributed by atoms with Crippen LogP contribution in [0.3, 0.4) is 0 Å². The number of aromatic nitrogens is 2. The maximum atomic E-state index is 11.9. The van der Waals surface area contributed by atoms with E-state index in [0.717, 1.165) is 16.0 Å². The summed E-state index contributed by atoms with van der Waals surface area (Å²) in [6.45, 7) is 0. The Morgan fingerprint density at radius 1 is 1.33 bits per heavy atom. The van der Waals surface area contributed by atoms with Crippen LogP contribution in [-0.2, 0) is 5.75 Å². The second-order valence-electron chi connectivity index (χ2n) is 4.22. The van der Waals surface area contributed by atoms with E-state index >= 15 is 0 Å². The number of hydrazine groups is 1. The van der Waals surface area contributed by atoms with Gasteiger partial charge < -0.3 is 4.42 Å². The van der Waals surface area contributed by atoms with Gasteiger partial charge in [0.25, 0.3) is 0 Å². The molecular formula is C14H12N4O2S. The van der Waals surface area contributed by atoms with Gasteiger partial charge in [-0.3, -0.25) is 10.2 Å². The van der Waals surface area contributed by atoms with Gasteiger partial charge in [0.05, 0.1) is 5.03 Å². The molecule has 0 saturated heterocycles. The summed E-state index contributed by atoms with van der Waals surface area (Å²) in [7, 11) is 0. The van der Waals surface area contributed by atoms with Gasteiger partial charge in [-0.25, -0.2) is 15.8 Å². The van der Waals surface area contributed by atoms with Crippen LogP contribution in [0, 0.1) is 0 Å². The number of nitrogens with zero attached hydrogens (tertiary/aromatic N) is 2. The highest BCUT2D eigenvalue weighted by Crippen LogP contribution is 2.31. The van der Waals surface area contributed by atoms with Crippen molar-refractivity contribution in [3.63, 3.8) is 0 Å². The van der Waals surface area contributed by atoms with Crippen LogP contribution in [-0.4, -0.2) is 15.9 Å². The molecule has 21 heavy (non-hydrogen) atoms. The van der Waals surface area contributed by atoms with Crippen molar-refractivity contribution in [3.05, 3.63) is 54.2 Å². The molecule has 0 atom stereocenters. The van der Waals surface area contributed by atoms with E-state index < -0.39 is 5.91 Å². The van der Waals surface area contributed by atoms with Gasteiger partial charge >= 0.3 is 5.91 Å².